The second-order valence-corrected chi connectivity index (χ2v) is 7.06. The van der Waals surface area contributed by atoms with Crippen molar-refractivity contribution in [2.45, 2.75) is 19.3 Å². The topological polar surface area (TPSA) is 58.2 Å². The number of nitrogens with one attached hydrogen (secondary N) is 2. The number of hydrogen-bond donors (Lipinski definition) is 2. The van der Waals surface area contributed by atoms with E-state index in [1.165, 1.54) is 6.07 Å². The van der Waals surface area contributed by atoms with Gasteiger partial charge in [0.1, 0.15) is 5.82 Å². The first-order valence-corrected chi connectivity index (χ1v) is 8.63. The van der Waals surface area contributed by atoms with Gasteiger partial charge in [-0.3, -0.25) is 0 Å². The summed E-state index contributed by atoms with van der Waals surface area (Å²) in [6.45, 7) is 2.01. The predicted octanol–water partition coefficient (Wildman–Crippen LogP) is 1.29. The van der Waals surface area contributed by atoms with Gasteiger partial charge in [0.05, 0.1) is 5.75 Å². The Morgan fingerprint density at radius 1 is 1.25 bits per heavy atom. The Morgan fingerprint density at radius 3 is 2.65 bits per heavy atom. The van der Waals surface area contributed by atoms with Crippen LogP contribution in [0.15, 0.2) is 24.3 Å². The summed E-state index contributed by atoms with van der Waals surface area (Å²) >= 11 is 0. The van der Waals surface area contributed by atoms with Crippen molar-refractivity contribution in [3.8, 4) is 0 Å². The molecule has 2 rings (SSSR count). The number of sulfonamides is 1. The Bertz CT molecular complexity index is 528. The summed E-state index contributed by atoms with van der Waals surface area (Å²) < 4.78 is 39.9. The van der Waals surface area contributed by atoms with E-state index in [1.54, 1.807) is 18.2 Å². The van der Waals surface area contributed by atoms with Gasteiger partial charge in [0.2, 0.25) is 10.0 Å². The van der Waals surface area contributed by atoms with Crippen molar-refractivity contribution in [3.63, 3.8) is 0 Å². The highest BCUT2D eigenvalue weighted by Crippen LogP contribution is 2.13. The van der Waals surface area contributed by atoms with E-state index in [2.05, 4.69) is 10.0 Å². The van der Waals surface area contributed by atoms with Crippen LogP contribution >= 0.6 is 0 Å². The molecule has 20 heavy (non-hydrogen) atoms. The molecule has 1 aromatic carbocycles. The molecule has 0 atom stereocenters. The maximum atomic E-state index is 13.4. The second kappa shape index (κ2) is 7.15. The van der Waals surface area contributed by atoms with Crippen LogP contribution in [0.1, 0.15) is 18.4 Å². The second-order valence-electron chi connectivity index (χ2n) is 5.21. The lowest BCUT2D eigenvalue weighted by Gasteiger charge is -2.22. The molecule has 1 aliphatic rings. The van der Waals surface area contributed by atoms with Gasteiger partial charge in [-0.1, -0.05) is 18.2 Å². The molecular weight excluding hydrogens is 279 g/mol. The Morgan fingerprint density at radius 2 is 1.95 bits per heavy atom. The van der Waals surface area contributed by atoms with Gasteiger partial charge in [-0.15, -0.1) is 0 Å². The maximum absolute atomic E-state index is 13.4. The van der Waals surface area contributed by atoms with Gasteiger partial charge in [0, 0.05) is 6.54 Å². The Labute approximate surface area is 119 Å². The van der Waals surface area contributed by atoms with E-state index in [0.29, 0.717) is 12.0 Å². The molecule has 1 heterocycles. The maximum Gasteiger partial charge on any atom is 0.211 e. The van der Waals surface area contributed by atoms with Crippen LogP contribution in [-0.2, 0) is 16.4 Å². The molecule has 6 heteroatoms. The van der Waals surface area contributed by atoms with Crippen LogP contribution in [0, 0.1) is 11.7 Å². The van der Waals surface area contributed by atoms with Crippen LogP contribution in [-0.4, -0.2) is 33.8 Å². The fourth-order valence-corrected chi connectivity index (χ4v) is 3.94. The summed E-state index contributed by atoms with van der Waals surface area (Å²) in [7, 11) is -3.26. The van der Waals surface area contributed by atoms with Gasteiger partial charge < -0.3 is 5.32 Å². The molecule has 0 spiro atoms. The molecule has 0 bridgehead atoms. The molecule has 0 unspecified atom stereocenters. The lowest BCUT2D eigenvalue weighted by atomic mass is 10.0. The van der Waals surface area contributed by atoms with E-state index >= 15 is 0 Å². The van der Waals surface area contributed by atoms with Gasteiger partial charge in [0.25, 0.3) is 0 Å². The van der Waals surface area contributed by atoms with Crippen LogP contribution in [0.3, 0.4) is 0 Å². The van der Waals surface area contributed by atoms with Crippen LogP contribution in [0.25, 0.3) is 0 Å². The first-order valence-electron chi connectivity index (χ1n) is 6.98. The van der Waals surface area contributed by atoms with Gasteiger partial charge >= 0.3 is 0 Å². The van der Waals surface area contributed by atoms with Crippen molar-refractivity contribution >= 4 is 10.0 Å². The van der Waals surface area contributed by atoms with Gasteiger partial charge in [-0.05, 0) is 49.9 Å². The smallest absolute Gasteiger partial charge is 0.211 e. The highest BCUT2D eigenvalue weighted by atomic mass is 32.2. The molecular formula is C14H21FN2O2S. The fraction of sp³-hybridized carbons (Fsp3) is 0.571. The summed E-state index contributed by atoms with van der Waals surface area (Å²) in [4.78, 5) is 0. The van der Waals surface area contributed by atoms with E-state index in [1.807, 2.05) is 0 Å². The first-order chi connectivity index (χ1) is 9.57. The summed E-state index contributed by atoms with van der Waals surface area (Å²) in [6, 6.07) is 6.44. The zero-order valence-electron chi connectivity index (χ0n) is 11.4. The Balaban J connectivity index is 1.79. The van der Waals surface area contributed by atoms with Crippen molar-refractivity contribution < 1.29 is 12.8 Å². The molecule has 1 aliphatic heterocycles. The summed E-state index contributed by atoms with van der Waals surface area (Å²) in [6.07, 6.45) is 2.17. The van der Waals surface area contributed by atoms with E-state index in [4.69, 9.17) is 0 Å². The average molecular weight is 300 g/mol. The van der Waals surface area contributed by atoms with E-state index in [0.717, 1.165) is 25.9 Å². The highest BCUT2D eigenvalue weighted by molar-refractivity contribution is 7.89. The van der Waals surface area contributed by atoms with Crippen molar-refractivity contribution in [1.29, 1.82) is 0 Å². The van der Waals surface area contributed by atoms with Crippen molar-refractivity contribution in [2.75, 3.05) is 25.4 Å². The van der Waals surface area contributed by atoms with E-state index < -0.39 is 10.0 Å². The molecule has 4 nitrogen and oxygen atoms in total. The van der Waals surface area contributed by atoms with Crippen molar-refractivity contribution in [2.24, 2.45) is 5.92 Å². The standard InChI is InChI=1S/C14H21FN2O2S/c15-14-4-2-1-3-13(14)7-10-17-20(18,19)11-12-5-8-16-9-6-12/h1-4,12,16-17H,5-11H2. The summed E-state index contributed by atoms with van der Waals surface area (Å²) in [5.41, 5.74) is 0.539. The van der Waals surface area contributed by atoms with E-state index in [-0.39, 0.29) is 24.0 Å². The highest BCUT2D eigenvalue weighted by Gasteiger charge is 2.20. The minimum atomic E-state index is -3.26. The van der Waals surface area contributed by atoms with E-state index in [9.17, 15) is 12.8 Å². The third-order valence-electron chi connectivity index (χ3n) is 3.59. The molecule has 0 amide bonds. The van der Waals surface area contributed by atoms with Crippen LogP contribution in [0.4, 0.5) is 4.39 Å². The van der Waals surface area contributed by atoms with Gasteiger partial charge in [0.15, 0.2) is 0 Å². The summed E-state index contributed by atoms with van der Waals surface area (Å²) in [5.74, 6) is 0.110. The number of benzene rings is 1. The molecule has 1 saturated heterocycles. The average Bonchev–Trinajstić information content (AvgIpc) is 2.41. The SMILES string of the molecule is O=S(=O)(CC1CCNCC1)NCCc1ccccc1F. The molecule has 0 radical (unpaired) electrons. The van der Waals surface area contributed by atoms with Gasteiger partial charge in [-0.2, -0.15) is 0 Å². The number of hydrogen-bond acceptors (Lipinski definition) is 3. The minimum absolute atomic E-state index is 0.173. The molecule has 1 aromatic rings. The number of rotatable bonds is 6. The lowest BCUT2D eigenvalue weighted by Crippen LogP contribution is -2.36. The first kappa shape index (κ1) is 15.4. The third kappa shape index (κ3) is 4.85. The molecule has 2 N–H and O–H groups in total. The number of piperidine rings is 1. The van der Waals surface area contributed by atoms with Crippen molar-refractivity contribution in [1.82, 2.24) is 10.0 Å². The molecule has 0 aliphatic carbocycles. The minimum Gasteiger partial charge on any atom is -0.317 e. The molecule has 0 saturated carbocycles. The lowest BCUT2D eigenvalue weighted by molar-refractivity contribution is 0.400. The largest absolute Gasteiger partial charge is 0.317 e. The zero-order valence-corrected chi connectivity index (χ0v) is 12.3. The summed E-state index contributed by atoms with van der Waals surface area (Å²) in [5, 5.41) is 3.21. The monoisotopic (exact) mass is 300 g/mol. The van der Waals surface area contributed by atoms with Crippen LogP contribution in [0.5, 0.6) is 0 Å². The third-order valence-corrected chi connectivity index (χ3v) is 5.14. The van der Waals surface area contributed by atoms with Crippen LogP contribution in [0.2, 0.25) is 0 Å². The quantitative estimate of drug-likeness (QED) is 0.832. The Kier molecular flexibility index (Phi) is 5.51. The molecule has 0 aromatic heterocycles. The normalized spacial score (nSPS) is 17.2. The predicted molar refractivity (Wildman–Crippen MR) is 77.5 cm³/mol. The number of halogens is 1. The van der Waals surface area contributed by atoms with Gasteiger partial charge in [-0.25, -0.2) is 17.5 Å². The molecule has 112 valence electrons. The molecule has 1 fully saturated rings. The Hall–Kier alpha value is -0.980. The zero-order chi connectivity index (χ0) is 14.4. The van der Waals surface area contributed by atoms with Crippen molar-refractivity contribution in [3.05, 3.63) is 35.6 Å². The fourth-order valence-electron chi connectivity index (χ4n) is 2.46. The van der Waals surface area contributed by atoms with Crippen LogP contribution < -0.4 is 10.0 Å².